The van der Waals surface area contributed by atoms with E-state index in [0.717, 1.165) is 16.7 Å². The number of halogens is 1. The molecule has 0 bridgehead atoms. The second kappa shape index (κ2) is 7.02. The van der Waals surface area contributed by atoms with E-state index in [1.165, 1.54) is 7.11 Å². The maximum absolute atomic E-state index is 11.2. The number of esters is 1. The fourth-order valence-corrected chi connectivity index (χ4v) is 2.01. The Hall–Kier alpha value is -1.54. The molecule has 0 radical (unpaired) electrons. The van der Waals surface area contributed by atoms with Crippen molar-refractivity contribution in [1.29, 1.82) is 5.26 Å². The van der Waals surface area contributed by atoms with Gasteiger partial charge < -0.3 is 9.64 Å². The number of nitriles is 1. The molecule has 0 amide bonds. The van der Waals surface area contributed by atoms with Gasteiger partial charge in [0, 0.05) is 17.6 Å². The van der Waals surface area contributed by atoms with Gasteiger partial charge in [0.1, 0.15) is 6.07 Å². The van der Waals surface area contributed by atoms with Crippen LogP contribution in [0.25, 0.3) is 0 Å². The molecule has 0 heterocycles. The van der Waals surface area contributed by atoms with E-state index in [2.05, 4.69) is 26.7 Å². The first-order chi connectivity index (χ1) is 8.62. The molecule has 0 aliphatic heterocycles. The Morgan fingerprint density at radius 3 is 2.83 bits per heavy atom. The molecule has 0 aliphatic rings. The fourth-order valence-electron chi connectivity index (χ4n) is 1.65. The molecule has 0 aromatic heterocycles. The van der Waals surface area contributed by atoms with Gasteiger partial charge in [-0.1, -0.05) is 15.9 Å². The smallest absolute Gasteiger partial charge is 0.307 e. The molecule has 0 spiro atoms. The van der Waals surface area contributed by atoms with Gasteiger partial charge >= 0.3 is 5.97 Å². The van der Waals surface area contributed by atoms with Gasteiger partial charge in [0.05, 0.1) is 24.8 Å². The summed E-state index contributed by atoms with van der Waals surface area (Å²) in [5, 5.41) is 9.12. The molecule has 0 saturated heterocycles. The summed E-state index contributed by atoms with van der Waals surface area (Å²) in [7, 11) is 1.37. The van der Waals surface area contributed by atoms with Crippen molar-refractivity contribution in [3.05, 3.63) is 28.2 Å². The van der Waals surface area contributed by atoms with E-state index in [0.29, 0.717) is 18.5 Å². The van der Waals surface area contributed by atoms with Crippen LogP contribution in [0.5, 0.6) is 0 Å². The van der Waals surface area contributed by atoms with E-state index in [1.807, 2.05) is 24.0 Å². The van der Waals surface area contributed by atoms with Gasteiger partial charge in [0.25, 0.3) is 0 Å². The second-order valence-electron chi connectivity index (χ2n) is 3.68. The average Bonchev–Trinajstić information content (AvgIpc) is 2.40. The van der Waals surface area contributed by atoms with Crippen LogP contribution in [0.4, 0.5) is 5.69 Å². The molecule has 0 saturated carbocycles. The monoisotopic (exact) mass is 310 g/mol. The summed E-state index contributed by atoms with van der Waals surface area (Å²) in [5.41, 5.74) is 1.43. The standard InChI is InChI=1S/C13H15BrN2O2/c1-3-16(7-6-13(17)18-2)12-5-4-11(14)8-10(12)9-15/h4-5,8H,3,6-7H2,1-2H3. The molecule has 5 heteroatoms. The van der Waals surface area contributed by atoms with Crippen molar-refractivity contribution < 1.29 is 9.53 Å². The van der Waals surface area contributed by atoms with Crippen LogP contribution in [0.2, 0.25) is 0 Å². The lowest BCUT2D eigenvalue weighted by Crippen LogP contribution is -2.26. The topological polar surface area (TPSA) is 53.3 Å². The zero-order chi connectivity index (χ0) is 13.5. The maximum atomic E-state index is 11.2. The number of carbonyl (C=O) groups is 1. The third-order valence-electron chi connectivity index (χ3n) is 2.61. The van der Waals surface area contributed by atoms with Crippen LogP contribution < -0.4 is 4.90 Å². The summed E-state index contributed by atoms with van der Waals surface area (Å²) in [5.74, 6) is -0.246. The molecular weight excluding hydrogens is 296 g/mol. The molecule has 1 rings (SSSR count). The first kappa shape index (κ1) is 14.5. The lowest BCUT2D eigenvalue weighted by atomic mass is 10.1. The van der Waals surface area contributed by atoms with E-state index in [1.54, 1.807) is 6.07 Å². The van der Waals surface area contributed by atoms with Crippen LogP contribution in [0.1, 0.15) is 18.9 Å². The molecule has 0 N–H and O–H groups in total. The summed E-state index contributed by atoms with van der Waals surface area (Å²) in [6, 6.07) is 7.70. The van der Waals surface area contributed by atoms with E-state index in [4.69, 9.17) is 5.26 Å². The minimum atomic E-state index is -0.246. The molecule has 0 unspecified atom stereocenters. The van der Waals surface area contributed by atoms with Crippen molar-refractivity contribution in [2.24, 2.45) is 0 Å². The van der Waals surface area contributed by atoms with Crippen molar-refractivity contribution in [2.75, 3.05) is 25.1 Å². The van der Waals surface area contributed by atoms with Crippen molar-refractivity contribution in [3.63, 3.8) is 0 Å². The van der Waals surface area contributed by atoms with Crippen LogP contribution in [0.15, 0.2) is 22.7 Å². The van der Waals surface area contributed by atoms with Crippen LogP contribution >= 0.6 is 15.9 Å². The third kappa shape index (κ3) is 3.74. The number of nitrogens with zero attached hydrogens (tertiary/aromatic N) is 2. The van der Waals surface area contributed by atoms with E-state index in [-0.39, 0.29) is 5.97 Å². The lowest BCUT2D eigenvalue weighted by Gasteiger charge is -2.23. The number of rotatable bonds is 5. The van der Waals surface area contributed by atoms with Crippen molar-refractivity contribution >= 4 is 27.6 Å². The van der Waals surface area contributed by atoms with Gasteiger partial charge in [0.15, 0.2) is 0 Å². The Morgan fingerprint density at radius 2 is 2.28 bits per heavy atom. The average molecular weight is 311 g/mol. The summed E-state index contributed by atoms with van der Waals surface area (Å²) in [6.07, 6.45) is 0.311. The van der Waals surface area contributed by atoms with Gasteiger partial charge in [-0.3, -0.25) is 4.79 Å². The highest BCUT2D eigenvalue weighted by atomic mass is 79.9. The fraction of sp³-hybridized carbons (Fsp3) is 0.385. The molecule has 1 aromatic carbocycles. The molecule has 4 nitrogen and oxygen atoms in total. The predicted molar refractivity (Wildman–Crippen MR) is 73.4 cm³/mol. The van der Waals surface area contributed by atoms with Gasteiger partial charge in [-0.15, -0.1) is 0 Å². The Balaban J connectivity index is 2.88. The zero-order valence-corrected chi connectivity index (χ0v) is 12.0. The number of hydrogen-bond acceptors (Lipinski definition) is 4. The molecule has 0 fully saturated rings. The summed E-state index contributed by atoms with van der Waals surface area (Å²) >= 11 is 3.34. The maximum Gasteiger partial charge on any atom is 0.307 e. The van der Waals surface area contributed by atoms with Gasteiger partial charge in [-0.05, 0) is 25.1 Å². The molecular formula is C13H15BrN2O2. The van der Waals surface area contributed by atoms with Crippen molar-refractivity contribution in [1.82, 2.24) is 0 Å². The van der Waals surface area contributed by atoms with E-state index < -0.39 is 0 Å². The van der Waals surface area contributed by atoms with Gasteiger partial charge in [0.2, 0.25) is 0 Å². The first-order valence-corrected chi connectivity index (χ1v) is 6.43. The highest BCUT2D eigenvalue weighted by Crippen LogP contribution is 2.24. The third-order valence-corrected chi connectivity index (χ3v) is 3.11. The Kier molecular flexibility index (Phi) is 5.66. The van der Waals surface area contributed by atoms with E-state index in [9.17, 15) is 4.79 Å². The SMILES string of the molecule is CCN(CCC(=O)OC)c1ccc(Br)cc1C#N. The number of ether oxygens (including phenoxy) is 1. The van der Waals surface area contributed by atoms with Crippen molar-refractivity contribution in [2.45, 2.75) is 13.3 Å². The van der Waals surface area contributed by atoms with E-state index >= 15 is 0 Å². The Bertz CT molecular complexity index is 469. The number of carbonyl (C=O) groups excluding carboxylic acids is 1. The van der Waals surface area contributed by atoms with Gasteiger partial charge in [-0.25, -0.2) is 0 Å². The number of benzene rings is 1. The molecule has 0 atom stereocenters. The highest BCUT2D eigenvalue weighted by Gasteiger charge is 2.12. The first-order valence-electron chi connectivity index (χ1n) is 5.63. The minimum absolute atomic E-state index is 0.246. The molecule has 0 aliphatic carbocycles. The Morgan fingerprint density at radius 1 is 1.56 bits per heavy atom. The summed E-state index contributed by atoms with van der Waals surface area (Å²) in [6.45, 7) is 3.26. The van der Waals surface area contributed by atoms with Crippen LogP contribution in [0.3, 0.4) is 0 Å². The number of hydrogen-bond donors (Lipinski definition) is 0. The largest absolute Gasteiger partial charge is 0.469 e. The zero-order valence-electron chi connectivity index (χ0n) is 10.4. The lowest BCUT2D eigenvalue weighted by molar-refractivity contribution is -0.140. The molecule has 96 valence electrons. The second-order valence-corrected chi connectivity index (χ2v) is 4.59. The highest BCUT2D eigenvalue weighted by molar-refractivity contribution is 9.10. The van der Waals surface area contributed by atoms with Gasteiger partial charge in [-0.2, -0.15) is 5.26 Å². The normalized spacial score (nSPS) is 9.67. The van der Waals surface area contributed by atoms with Crippen LogP contribution in [-0.4, -0.2) is 26.2 Å². The summed E-state index contributed by atoms with van der Waals surface area (Å²) in [4.78, 5) is 13.1. The molecule has 1 aromatic rings. The predicted octanol–water partition coefficient (Wildman–Crippen LogP) is 2.71. The summed E-state index contributed by atoms with van der Waals surface area (Å²) < 4.78 is 5.49. The van der Waals surface area contributed by atoms with Crippen LogP contribution in [-0.2, 0) is 9.53 Å². The minimum Gasteiger partial charge on any atom is -0.469 e. The van der Waals surface area contributed by atoms with Crippen LogP contribution in [0, 0.1) is 11.3 Å². The number of methoxy groups -OCH3 is 1. The number of anilines is 1. The quantitative estimate of drug-likeness (QED) is 0.785. The Labute approximate surface area is 115 Å². The molecule has 18 heavy (non-hydrogen) atoms. The van der Waals surface area contributed by atoms with Crippen molar-refractivity contribution in [3.8, 4) is 6.07 Å².